The van der Waals surface area contributed by atoms with Gasteiger partial charge in [-0.2, -0.15) is 13.2 Å². The summed E-state index contributed by atoms with van der Waals surface area (Å²) >= 11 is 0. The second-order valence-corrected chi connectivity index (χ2v) is 5.02. The van der Waals surface area contributed by atoms with E-state index in [9.17, 15) is 22.7 Å². The number of aliphatic hydroxyl groups is 1. The Bertz CT molecular complexity index is 673. The molecule has 0 aliphatic rings. The van der Waals surface area contributed by atoms with Crippen molar-refractivity contribution in [2.45, 2.75) is 33.1 Å². The maximum Gasteiger partial charge on any atom is 0.419 e. The molecule has 2 aromatic rings. The van der Waals surface area contributed by atoms with Crippen LogP contribution >= 0.6 is 0 Å². The minimum Gasteiger partial charge on any atom is -0.382 e. The Kier molecular flexibility index (Phi) is 3.84. The van der Waals surface area contributed by atoms with Gasteiger partial charge in [-0.15, -0.1) is 0 Å². The summed E-state index contributed by atoms with van der Waals surface area (Å²) < 4.78 is 52.2. The monoisotopic (exact) mass is 301 g/mol. The molecule has 0 amide bonds. The van der Waals surface area contributed by atoms with E-state index in [2.05, 4.69) is 4.98 Å². The molecule has 0 bridgehead atoms. The molecule has 2 nitrogen and oxygen atoms in total. The van der Waals surface area contributed by atoms with Gasteiger partial charge < -0.3 is 10.1 Å². The topological polar surface area (TPSA) is 36.0 Å². The fourth-order valence-corrected chi connectivity index (χ4v) is 2.28. The Morgan fingerprint density at radius 3 is 2.19 bits per heavy atom. The number of halogens is 4. The molecule has 0 aliphatic heterocycles. The van der Waals surface area contributed by atoms with E-state index in [1.54, 1.807) is 13.8 Å². The Labute approximate surface area is 119 Å². The number of benzene rings is 1. The zero-order valence-electron chi connectivity index (χ0n) is 11.8. The molecular weight excluding hydrogens is 286 g/mol. The lowest BCUT2D eigenvalue weighted by atomic mass is 9.99. The summed E-state index contributed by atoms with van der Waals surface area (Å²) in [5, 5.41) is 10.2. The quantitative estimate of drug-likeness (QED) is 0.802. The van der Waals surface area contributed by atoms with Crippen molar-refractivity contribution >= 4 is 0 Å². The van der Waals surface area contributed by atoms with Crippen LogP contribution in [0.2, 0.25) is 0 Å². The number of nitrogens with one attached hydrogen (secondary N) is 1. The second-order valence-electron chi connectivity index (χ2n) is 5.02. The maximum atomic E-state index is 14.0. The number of rotatable bonds is 2. The van der Waals surface area contributed by atoms with Crippen LogP contribution in [0.1, 0.15) is 39.7 Å². The number of hydrogen-bond donors (Lipinski definition) is 2. The van der Waals surface area contributed by atoms with Crippen LogP contribution in [0.3, 0.4) is 0 Å². The third kappa shape index (κ3) is 2.68. The van der Waals surface area contributed by atoms with Crippen LogP contribution in [0.15, 0.2) is 18.2 Å². The van der Waals surface area contributed by atoms with Gasteiger partial charge in [-0.05, 0) is 38.0 Å². The molecule has 0 spiro atoms. The molecule has 0 fully saturated rings. The molecule has 21 heavy (non-hydrogen) atoms. The summed E-state index contributed by atoms with van der Waals surface area (Å²) in [7, 11) is 0. The molecule has 0 saturated heterocycles. The summed E-state index contributed by atoms with van der Waals surface area (Å²) in [4.78, 5) is 2.90. The smallest absolute Gasteiger partial charge is 0.382 e. The summed E-state index contributed by atoms with van der Waals surface area (Å²) in [5.74, 6) is -1.44. The predicted molar refractivity (Wildman–Crippen MR) is 70.5 cm³/mol. The van der Waals surface area contributed by atoms with Crippen LogP contribution < -0.4 is 0 Å². The highest BCUT2D eigenvalue weighted by Gasteiger charge is 2.36. The fourth-order valence-electron chi connectivity index (χ4n) is 2.28. The van der Waals surface area contributed by atoms with Gasteiger partial charge in [-0.25, -0.2) is 4.39 Å². The van der Waals surface area contributed by atoms with E-state index in [0.29, 0.717) is 17.3 Å². The van der Waals surface area contributed by atoms with Gasteiger partial charge in [0.05, 0.1) is 11.3 Å². The lowest BCUT2D eigenvalue weighted by Gasteiger charge is -2.15. The van der Waals surface area contributed by atoms with Crippen molar-refractivity contribution in [3.8, 4) is 0 Å². The number of aryl methyl sites for hydroxylation is 1. The molecule has 2 N–H and O–H groups in total. The average molecular weight is 301 g/mol. The maximum absolute atomic E-state index is 14.0. The molecule has 114 valence electrons. The molecule has 0 radical (unpaired) electrons. The van der Waals surface area contributed by atoms with Crippen LogP contribution in [0.4, 0.5) is 17.6 Å². The van der Waals surface area contributed by atoms with E-state index in [-0.39, 0.29) is 0 Å². The van der Waals surface area contributed by atoms with Crippen LogP contribution in [0.5, 0.6) is 0 Å². The number of alkyl halides is 3. The molecule has 1 atom stereocenters. The van der Waals surface area contributed by atoms with Gasteiger partial charge in [0.2, 0.25) is 0 Å². The highest BCUT2D eigenvalue weighted by atomic mass is 19.4. The van der Waals surface area contributed by atoms with Crippen molar-refractivity contribution in [2.75, 3.05) is 0 Å². The van der Waals surface area contributed by atoms with Gasteiger partial charge in [0.1, 0.15) is 11.9 Å². The summed E-state index contributed by atoms with van der Waals surface area (Å²) in [6.07, 6.45) is -6.27. The highest BCUT2D eigenvalue weighted by Crippen LogP contribution is 2.36. The molecule has 1 unspecified atom stereocenters. The number of hydrogen-bond acceptors (Lipinski definition) is 1. The highest BCUT2D eigenvalue weighted by molar-refractivity contribution is 5.41. The van der Waals surface area contributed by atoms with Crippen molar-refractivity contribution in [3.05, 3.63) is 57.7 Å². The zero-order chi connectivity index (χ0) is 15.9. The Morgan fingerprint density at radius 2 is 1.71 bits per heavy atom. The molecule has 1 aromatic heterocycles. The molecule has 1 aromatic carbocycles. The minimum absolute atomic E-state index is 0.309. The number of aromatic amines is 1. The Morgan fingerprint density at radius 1 is 1.10 bits per heavy atom. The predicted octanol–water partition coefficient (Wildman–Crippen LogP) is 4.18. The van der Waals surface area contributed by atoms with Crippen LogP contribution in [0.25, 0.3) is 0 Å². The van der Waals surface area contributed by atoms with Crippen molar-refractivity contribution in [1.82, 2.24) is 4.98 Å². The van der Waals surface area contributed by atoms with E-state index < -0.39 is 29.2 Å². The van der Waals surface area contributed by atoms with Crippen molar-refractivity contribution in [1.29, 1.82) is 0 Å². The van der Waals surface area contributed by atoms with Gasteiger partial charge in [0.25, 0.3) is 0 Å². The second kappa shape index (κ2) is 5.18. The molecule has 2 rings (SSSR count). The van der Waals surface area contributed by atoms with Gasteiger partial charge in [-0.3, -0.25) is 0 Å². The Hall–Kier alpha value is -1.82. The molecule has 6 heteroatoms. The van der Waals surface area contributed by atoms with Gasteiger partial charge in [0.15, 0.2) is 0 Å². The SMILES string of the molecule is Cc1[nH]c(C(O)c2cccc(C(F)(F)F)c2F)c(C)c1C. The first-order valence-corrected chi connectivity index (χ1v) is 6.34. The van der Waals surface area contributed by atoms with Gasteiger partial charge in [0, 0.05) is 11.3 Å². The molecule has 0 saturated carbocycles. The molecule has 1 heterocycles. The average Bonchev–Trinajstić information content (AvgIpc) is 2.65. The minimum atomic E-state index is -4.80. The van der Waals surface area contributed by atoms with Crippen molar-refractivity contribution < 1.29 is 22.7 Å². The Balaban J connectivity index is 2.54. The zero-order valence-corrected chi connectivity index (χ0v) is 11.8. The summed E-state index contributed by atoms with van der Waals surface area (Å²) in [5.41, 5.74) is 0.913. The summed E-state index contributed by atoms with van der Waals surface area (Å²) in [6.45, 7) is 5.32. The molecular formula is C15H15F4NO. The van der Waals surface area contributed by atoms with Gasteiger partial charge >= 0.3 is 6.18 Å². The van der Waals surface area contributed by atoms with Crippen LogP contribution in [0, 0.1) is 26.6 Å². The van der Waals surface area contributed by atoms with Gasteiger partial charge in [-0.1, -0.05) is 12.1 Å². The fraction of sp³-hybridized carbons (Fsp3) is 0.333. The normalized spacial score (nSPS) is 13.5. The number of aromatic nitrogens is 1. The standard InChI is InChI=1S/C15H15F4NO/c1-7-8(2)13(20-9(7)3)14(21)10-5-4-6-11(12(10)16)15(17,18)19/h4-6,14,20-21H,1-3H3. The van der Waals surface area contributed by atoms with Crippen LogP contribution in [-0.4, -0.2) is 10.1 Å². The largest absolute Gasteiger partial charge is 0.419 e. The number of aliphatic hydroxyl groups excluding tert-OH is 1. The lowest BCUT2D eigenvalue weighted by molar-refractivity contribution is -0.140. The third-order valence-electron chi connectivity index (χ3n) is 3.75. The summed E-state index contributed by atoms with van der Waals surface area (Å²) in [6, 6.07) is 2.90. The van der Waals surface area contributed by atoms with Crippen molar-refractivity contribution in [2.24, 2.45) is 0 Å². The van der Waals surface area contributed by atoms with E-state index in [1.165, 1.54) is 0 Å². The van der Waals surface area contributed by atoms with Crippen LogP contribution in [-0.2, 0) is 6.18 Å². The van der Waals surface area contributed by atoms with E-state index in [4.69, 9.17) is 0 Å². The lowest BCUT2D eigenvalue weighted by Crippen LogP contribution is -2.12. The van der Waals surface area contributed by atoms with E-state index in [1.807, 2.05) is 6.92 Å². The van der Waals surface area contributed by atoms with Crippen molar-refractivity contribution in [3.63, 3.8) is 0 Å². The number of H-pyrrole nitrogens is 1. The first kappa shape index (κ1) is 15.6. The third-order valence-corrected chi connectivity index (χ3v) is 3.75. The van der Waals surface area contributed by atoms with E-state index >= 15 is 0 Å². The first-order chi connectivity index (χ1) is 9.64. The first-order valence-electron chi connectivity index (χ1n) is 6.34. The molecule has 0 aliphatic carbocycles. The van der Waals surface area contributed by atoms with E-state index in [0.717, 1.165) is 23.4 Å².